The lowest BCUT2D eigenvalue weighted by atomic mass is 9.92. The van der Waals surface area contributed by atoms with Crippen molar-refractivity contribution in [2.45, 2.75) is 26.3 Å². The van der Waals surface area contributed by atoms with Crippen LogP contribution in [0.4, 0.5) is 0 Å². The third-order valence-electron chi connectivity index (χ3n) is 3.08. The number of carbonyl (C=O) groups is 1. The molecule has 2 unspecified atom stereocenters. The molecule has 0 N–H and O–H groups in total. The predicted octanol–water partition coefficient (Wildman–Crippen LogP) is 3.56. The molecule has 0 radical (unpaired) electrons. The summed E-state index contributed by atoms with van der Waals surface area (Å²) in [6.07, 6.45) is 0.855. The number of nitrogens with zero attached hydrogens (tertiary/aromatic N) is 1. The van der Waals surface area contributed by atoms with Gasteiger partial charge in [-0.1, -0.05) is 43.6 Å². The van der Waals surface area contributed by atoms with E-state index in [0.29, 0.717) is 5.02 Å². The molecule has 0 saturated carbocycles. The summed E-state index contributed by atoms with van der Waals surface area (Å²) in [4.78, 5) is 14.3. The van der Waals surface area contributed by atoms with Crippen molar-refractivity contribution in [3.05, 3.63) is 34.9 Å². The van der Waals surface area contributed by atoms with Crippen molar-refractivity contribution in [1.82, 2.24) is 4.90 Å². The normalized spacial score (nSPS) is 14.7. The second-order valence-electron chi connectivity index (χ2n) is 4.60. The Balaban J connectivity index is 3.11. The highest BCUT2D eigenvalue weighted by atomic mass is 35.5. The third-order valence-corrected chi connectivity index (χ3v) is 3.43. The third kappa shape index (κ3) is 3.30. The number of hydrogen-bond donors (Lipinski definition) is 0. The van der Waals surface area contributed by atoms with Crippen molar-refractivity contribution in [2.24, 2.45) is 5.92 Å². The van der Waals surface area contributed by atoms with E-state index in [1.54, 1.807) is 0 Å². The number of benzene rings is 1. The van der Waals surface area contributed by atoms with Gasteiger partial charge in [0.15, 0.2) is 5.78 Å². The van der Waals surface area contributed by atoms with E-state index in [2.05, 4.69) is 0 Å². The smallest absolute Gasteiger partial charge is 0.157 e. The Hall–Kier alpha value is -0.860. The summed E-state index contributed by atoms with van der Waals surface area (Å²) in [5.74, 6) is 0.282. The molecule has 0 bridgehead atoms. The van der Waals surface area contributed by atoms with Gasteiger partial charge in [-0.25, -0.2) is 0 Å². The average molecular weight is 254 g/mol. The van der Waals surface area contributed by atoms with Gasteiger partial charge in [0.25, 0.3) is 0 Å². The Morgan fingerprint density at radius 3 is 2.41 bits per heavy atom. The van der Waals surface area contributed by atoms with Crippen molar-refractivity contribution < 1.29 is 4.79 Å². The molecule has 94 valence electrons. The number of rotatable bonds is 5. The van der Waals surface area contributed by atoms with Gasteiger partial charge in [-0.05, 0) is 32.1 Å². The van der Waals surface area contributed by atoms with Crippen LogP contribution in [0.3, 0.4) is 0 Å². The first-order chi connectivity index (χ1) is 7.99. The Kier molecular flexibility index (Phi) is 5.16. The molecule has 1 rings (SSSR count). The first-order valence-corrected chi connectivity index (χ1v) is 6.31. The topological polar surface area (TPSA) is 20.3 Å². The van der Waals surface area contributed by atoms with Crippen molar-refractivity contribution in [3.63, 3.8) is 0 Å². The minimum Gasteiger partial charge on any atom is -0.297 e. The molecule has 1 aromatic carbocycles. The van der Waals surface area contributed by atoms with Gasteiger partial charge in [0.2, 0.25) is 0 Å². The van der Waals surface area contributed by atoms with Crippen LogP contribution in [0.15, 0.2) is 24.3 Å². The molecule has 0 amide bonds. The van der Waals surface area contributed by atoms with Crippen molar-refractivity contribution in [2.75, 3.05) is 14.1 Å². The van der Waals surface area contributed by atoms with Crippen LogP contribution in [0.2, 0.25) is 5.02 Å². The maximum atomic E-state index is 12.4. The van der Waals surface area contributed by atoms with E-state index in [-0.39, 0.29) is 17.7 Å². The summed E-state index contributed by atoms with van der Waals surface area (Å²) in [6, 6.07) is 7.30. The lowest BCUT2D eigenvalue weighted by Crippen LogP contribution is -2.31. The molecule has 0 aliphatic heterocycles. The maximum absolute atomic E-state index is 12.4. The summed E-state index contributed by atoms with van der Waals surface area (Å²) >= 11 is 6.18. The van der Waals surface area contributed by atoms with Gasteiger partial charge in [0.1, 0.15) is 0 Å². The zero-order chi connectivity index (χ0) is 13.0. The quantitative estimate of drug-likeness (QED) is 0.800. The average Bonchev–Trinajstić information content (AvgIpc) is 2.30. The highest BCUT2D eigenvalue weighted by Crippen LogP contribution is 2.29. The fourth-order valence-corrected chi connectivity index (χ4v) is 2.09. The van der Waals surface area contributed by atoms with Gasteiger partial charge in [-0.15, -0.1) is 0 Å². The first kappa shape index (κ1) is 14.2. The lowest BCUT2D eigenvalue weighted by molar-refractivity contribution is -0.127. The molecule has 0 fully saturated rings. The van der Waals surface area contributed by atoms with Gasteiger partial charge in [-0.2, -0.15) is 0 Å². The van der Waals surface area contributed by atoms with Gasteiger partial charge >= 0.3 is 0 Å². The van der Waals surface area contributed by atoms with Gasteiger partial charge < -0.3 is 0 Å². The van der Waals surface area contributed by atoms with Crippen molar-refractivity contribution in [3.8, 4) is 0 Å². The van der Waals surface area contributed by atoms with E-state index in [0.717, 1.165) is 12.0 Å². The molecular weight excluding hydrogens is 234 g/mol. The van der Waals surface area contributed by atoms with E-state index in [1.807, 2.05) is 57.1 Å². The summed E-state index contributed by atoms with van der Waals surface area (Å²) in [6.45, 7) is 4.00. The minimum absolute atomic E-state index is 0.0543. The second kappa shape index (κ2) is 6.18. The van der Waals surface area contributed by atoms with E-state index < -0.39 is 0 Å². The van der Waals surface area contributed by atoms with Gasteiger partial charge in [0, 0.05) is 10.9 Å². The zero-order valence-corrected chi connectivity index (χ0v) is 11.7. The second-order valence-corrected chi connectivity index (χ2v) is 5.01. The van der Waals surface area contributed by atoms with Gasteiger partial charge in [0.05, 0.1) is 6.04 Å². The number of Topliss-reactive ketones (excluding diaryl/α,β-unsaturated/α-hetero) is 1. The maximum Gasteiger partial charge on any atom is 0.157 e. The summed E-state index contributed by atoms with van der Waals surface area (Å²) in [7, 11) is 3.82. The molecule has 0 aliphatic carbocycles. The molecular formula is C14H20ClNO. The summed E-state index contributed by atoms with van der Waals surface area (Å²) in [5.41, 5.74) is 0.893. The minimum atomic E-state index is -0.251. The summed E-state index contributed by atoms with van der Waals surface area (Å²) in [5, 5.41) is 0.655. The van der Waals surface area contributed by atoms with Crippen molar-refractivity contribution in [1.29, 1.82) is 0 Å². The number of ketones is 1. The van der Waals surface area contributed by atoms with E-state index >= 15 is 0 Å². The molecule has 0 heterocycles. The molecule has 0 aliphatic rings. The van der Waals surface area contributed by atoms with Crippen LogP contribution in [0.5, 0.6) is 0 Å². The first-order valence-electron chi connectivity index (χ1n) is 5.93. The van der Waals surface area contributed by atoms with Crippen LogP contribution in [0.25, 0.3) is 0 Å². The fraction of sp³-hybridized carbons (Fsp3) is 0.500. The van der Waals surface area contributed by atoms with E-state index in [9.17, 15) is 4.79 Å². The summed E-state index contributed by atoms with van der Waals surface area (Å²) < 4.78 is 0. The molecule has 1 aromatic rings. The number of likely N-dealkylation sites (N-methyl/N-ethyl adjacent to an activating group) is 1. The highest BCUT2D eigenvalue weighted by Gasteiger charge is 2.27. The van der Waals surface area contributed by atoms with Crippen LogP contribution in [0, 0.1) is 5.92 Å². The predicted molar refractivity (Wildman–Crippen MR) is 72.3 cm³/mol. The van der Waals surface area contributed by atoms with Crippen LogP contribution in [0.1, 0.15) is 31.9 Å². The Morgan fingerprint density at radius 1 is 1.35 bits per heavy atom. The largest absolute Gasteiger partial charge is 0.297 e. The van der Waals surface area contributed by atoms with E-state index in [1.165, 1.54) is 0 Å². The fourth-order valence-electron chi connectivity index (χ4n) is 1.85. The SMILES string of the molecule is CCC(C)C(=O)C(c1ccccc1Cl)N(C)C. The van der Waals surface area contributed by atoms with Crippen LogP contribution in [-0.2, 0) is 4.79 Å². The Labute approximate surface area is 109 Å². The number of carbonyl (C=O) groups excluding carboxylic acids is 1. The molecule has 0 spiro atoms. The molecule has 17 heavy (non-hydrogen) atoms. The highest BCUT2D eigenvalue weighted by molar-refractivity contribution is 6.31. The molecule has 3 heteroatoms. The number of halogens is 1. The lowest BCUT2D eigenvalue weighted by Gasteiger charge is -2.26. The van der Waals surface area contributed by atoms with Crippen LogP contribution in [-0.4, -0.2) is 24.8 Å². The van der Waals surface area contributed by atoms with Crippen LogP contribution >= 0.6 is 11.6 Å². The number of hydrogen-bond acceptors (Lipinski definition) is 2. The van der Waals surface area contributed by atoms with E-state index in [4.69, 9.17) is 11.6 Å². The van der Waals surface area contributed by atoms with Crippen molar-refractivity contribution >= 4 is 17.4 Å². The molecule has 2 nitrogen and oxygen atoms in total. The van der Waals surface area contributed by atoms with Crippen LogP contribution < -0.4 is 0 Å². The Bertz CT molecular complexity index is 390. The Morgan fingerprint density at radius 2 is 1.94 bits per heavy atom. The molecule has 0 aromatic heterocycles. The van der Waals surface area contributed by atoms with Gasteiger partial charge in [-0.3, -0.25) is 9.69 Å². The molecule has 2 atom stereocenters. The zero-order valence-electron chi connectivity index (χ0n) is 10.9. The standard InChI is InChI=1S/C14H20ClNO/c1-5-10(2)14(17)13(16(3)4)11-8-6-7-9-12(11)15/h6-10,13H,5H2,1-4H3. The molecule has 0 saturated heterocycles. The monoisotopic (exact) mass is 253 g/mol.